The number of aryl methyl sites for hydroxylation is 1. The number of aliphatic hydroxyl groups excluding tert-OH is 1. The molecule has 0 heterocycles. The van der Waals surface area contributed by atoms with E-state index in [9.17, 15) is 18.3 Å². The molecule has 0 aliphatic rings. The molecule has 1 N–H and O–H groups in total. The minimum absolute atomic E-state index is 0.0846. The molecule has 208 valence electrons. The van der Waals surface area contributed by atoms with E-state index in [0.717, 1.165) is 11.1 Å². The summed E-state index contributed by atoms with van der Waals surface area (Å²) in [5.74, 6) is -1.50. The largest absolute Gasteiger partial charge is 0.455 e. The molecule has 0 aromatic heterocycles. The minimum Gasteiger partial charge on any atom is -0.455 e. The third kappa shape index (κ3) is 6.86. The van der Waals surface area contributed by atoms with Gasteiger partial charge in [-0.2, -0.15) is 4.31 Å². The van der Waals surface area contributed by atoms with Gasteiger partial charge in [0, 0.05) is 6.54 Å². The molecule has 7 heteroatoms. The fraction of sp³-hybridized carbons (Fsp3) is 0.242. The average molecular weight is 558 g/mol. The molecule has 0 saturated carbocycles. The van der Waals surface area contributed by atoms with Gasteiger partial charge in [0.05, 0.1) is 23.0 Å². The van der Waals surface area contributed by atoms with Gasteiger partial charge in [0.2, 0.25) is 10.0 Å². The van der Waals surface area contributed by atoms with Gasteiger partial charge in [0.1, 0.15) is 6.10 Å². The Morgan fingerprint density at radius 1 is 0.775 bits per heavy atom. The fourth-order valence-corrected chi connectivity index (χ4v) is 6.21. The standard InChI is InChI=1S/C33H35NO5S/c1-24-19-21-30(22-20-24)40(37,38)34(23-27-13-7-4-8-14-27)26(3)32(29-17-11-6-12-18-29)39-33(36)25(2)31(35)28-15-9-5-10-16-28/h4-22,25-26,31-32,35H,23H2,1-3H3/t25-,26+,31+,32+/m1/s1. The van der Waals surface area contributed by atoms with E-state index in [0.29, 0.717) is 11.1 Å². The third-order valence-electron chi connectivity index (χ3n) is 7.06. The van der Waals surface area contributed by atoms with Crippen LogP contribution >= 0.6 is 0 Å². The van der Waals surface area contributed by atoms with Crippen molar-refractivity contribution in [1.82, 2.24) is 4.31 Å². The summed E-state index contributed by atoms with van der Waals surface area (Å²) in [7, 11) is -3.99. The number of benzene rings is 4. The van der Waals surface area contributed by atoms with Gasteiger partial charge in [-0.05, 0) is 49.6 Å². The van der Waals surface area contributed by atoms with Crippen LogP contribution in [-0.2, 0) is 26.1 Å². The van der Waals surface area contributed by atoms with Crippen LogP contribution in [0.15, 0.2) is 120 Å². The zero-order valence-electron chi connectivity index (χ0n) is 22.9. The van der Waals surface area contributed by atoms with E-state index in [4.69, 9.17) is 4.74 Å². The molecule has 4 atom stereocenters. The molecule has 0 saturated heterocycles. The molecule has 0 unspecified atom stereocenters. The van der Waals surface area contributed by atoms with E-state index in [1.54, 1.807) is 62.4 Å². The summed E-state index contributed by atoms with van der Waals surface area (Å²) in [6, 6.07) is 33.3. The highest BCUT2D eigenvalue weighted by Gasteiger charge is 2.38. The van der Waals surface area contributed by atoms with Gasteiger partial charge in [-0.1, -0.05) is 109 Å². The Morgan fingerprint density at radius 3 is 1.82 bits per heavy atom. The van der Waals surface area contributed by atoms with Crippen LogP contribution in [0, 0.1) is 12.8 Å². The van der Waals surface area contributed by atoms with Crippen molar-refractivity contribution in [3.63, 3.8) is 0 Å². The molecule has 0 amide bonds. The summed E-state index contributed by atoms with van der Waals surface area (Å²) in [5, 5.41) is 10.9. The third-order valence-corrected chi connectivity index (χ3v) is 9.01. The van der Waals surface area contributed by atoms with Gasteiger partial charge in [0.15, 0.2) is 0 Å². The Kier molecular flexibility index (Phi) is 9.53. The second-order valence-corrected chi connectivity index (χ2v) is 11.9. The molecule has 4 rings (SSSR count). The van der Waals surface area contributed by atoms with Crippen molar-refractivity contribution in [3.05, 3.63) is 138 Å². The van der Waals surface area contributed by atoms with Gasteiger partial charge in [0.25, 0.3) is 0 Å². The molecule has 4 aromatic rings. The van der Waals surface area contributed by atoms with Crippen LogP contribution in [0.25, 0.3) is 0 Å². The van der Waals surface area contributed by atoms with E-state index < -0.39 is 40.2 Å². The summed E-state index contributed by atoms with van der Waals surface area (Å²) in [6.07, 6.45) is -2.00. The Hall–Kier alpha value is -3.78. The maximum absolute atomic E-state index is 14.1. The lowest BCUT2D eigenvalue weighted by atomic mass is 9.97. The zero-order valence-corrected chi connectivity index (χ0v) is 23.7. The molecule has 0 aliphatic carbocycles. The minimum atomic E-state index is -3.99. The molecule has 0 radical (unpaired) electrons. The number of carbonyl (C=O) groups excluding carboxylic acids is 1. The molecule has 4 aromatic carbocycles. The van der Waals surface area contributed by atoms with Crippen molar-refractivity contribution in [1.29, 1.82) is 0 Å². The second kappa shape index (κ2) is 13.0. The normalized spacial score (nSPS) is 14.7. The second-order valence-electron chi connectivity index (χ2n) is 10.0. The van der Waals surface area contributed by atoms with Crippen molar-refractivity contribution in [2.75, 3.05) is 0 Å². The molecule has 0 bridgehead atoms. The Balaban J connectivity index is 1.71. The lowest BCUT2D eigenvalue weighted by Gasteiger charge is -2.34. The van der Waals surface area contributed by atoms with Crippen molar-refractivity contribution >= 4 is 16.0 Å². The van der Waals surface area contributed by atoms with Gasteiger partial charge in [-0.25, -0.2) is 8.42 Å². The SMILES string of the molecule is Cc1ccc(S(=O)(=O)N(Cc2ccccc2)[C@@H](C)[C@H](OC(=O)[C@H](C)[C@H](O)c2ccccc2)c2ccccc2)cc1. The highest BCUT2D eigenvalue weighted by Crippen LogP contribution is 2.33. The number of aliphatic hydroxyl groups is 1. The van der Waals surface area contributed by atoms with Gasteiger partial charge in [-0.15, -0.1) is 0 Å². The Morgan fingerprint density at radius 2 is 1.27 bits per heavy atom. The zero-order chi connectivity index (χ0) is 28.7. The Labute approximate surface area is 236 Å². The summed E-state index contributed by atoms with van der Waals surface area (Å²) in [6.45, 7) is 5.34. The number of hydrogen-bond acceptors (Lipinski definition) is 5. The first-order chi connectivity index (χ1) is 19.2. The first kappa shape index (κ1) is 29.2. The molecular weight excluding hydrogens is 522 g/mol. The van der Waals surface area contributed by atoms with E-state index in [-0.39, 0.29) is 11.4 Å². The summed E-state index contributed by atoms with van der Waals surface area (Å²) < 4.78 is 35.6. The molecule has 0 fully saturated rings. The van der Waals surface area contributed by atoms with Crippen molar-refractivity contribution in [3.8, 4) is 0 Å². The van der Waals surface area contributed by atoms with E-state index >= 15 is 0 Å². The lowest BCUT2D eigenvalue weighted by Crippen LogP contribution is -2.43. The first-order valence-corrected chi connectivity index (χ1v) is 14.7. The van der Waals surface area contributed by atoms with Gasteiger partial charge < -0.3 is 9.84 Å². The highest BCUT2D eigenvalue weighted by atomic mass is 32.2. The summed E-state index contributed by atoms with van der Waals surface area (Å²) in [5.41, 5.74) is 3.01. The number of nitrogens with zero attached hydrogens (tertiary/aromatic N) is 1. The number of ether oxygens (including phenoxy) is 1. The number of rotatable bonds is 11. The maximum atomic E-state index is 14.1. The molecule has 40 heavy (non-hydrogen) atoms. The van der Waals surface area contributed by atoms with Crippen molar-refractivity contribution in [2.24, 2.45) is 5.92 Å². The number of sulfonamides is 1. The van der Waals surface area contributed by atoms with E-state index in [2.05, 4.69) is 0 Å². The maximum Gasteiger partial charge on any atom is 0.312 e. The predicted molar refractivity (Wildman–Crippen MR) is 156 cm³/mol. The number of carbonyl (C=O) groups is 1. The van der Waals surface area contributed by atoms with Crippen LogP contribution in [0.1, 0.15) is 48.3 Å². The number of hydrogen-bond donors (Lipinski definition) is 1. The lowest BCUT2D eigenvalue weighted by molar-refractivity contribution is -0.160. The van der Waals surface area contributed by atoms with Crippen LogP contribution in [0.2, 0.25) is 0 Å². The van der Waals surface area contributed by atoms with E-state index in [1.165, 1.54) is 4.31 Å². The van der Waals surface area contributed by atoms with Crippen LogP contribution in [0.4, 0.5) is 0 Å². The van der Waals surface area contributed by atoms with Crippen LogP contribution in [-0.4, -0.2) is 29.8 Å². The molecule has 0 spiro atoms. The van der Waals surface area contributed by atoms with Crippen LogP contribution < -0.4 is 0 Å². The quantitative estimate of drug-likeness (QED) is 0.221. The first-order valence-electron chi connectivity index (χ1n) is 13.3. The van der Waals surface area contributed by atoms with Crippen LogP contribution in [0.5, 0.6) is 0 Å². The number of esters is 1. The predicted octanol–water partition coefficient (Wildman–Crippen LogP) is 6.23. The molecule has 0 aliphatic heterocycles. The highest BCUT2D eigenvalue weighted by molar-refractivity contribution is 7.89. The fourth-order valence-electron chi connectivity index (χ4n) is 4.60. The van der Waals surface area contributed by atoms with Crippen molar-refractivity contribution < 1.29 is 23.1 Å². The van der Waals surface area contributed by atoms with Crippen LogP contribution in [0.3, 0.4) is 0 Å². The van der Waals surface area contributed by atoms with Gasteiger partial charge in [-0.3, -0.25) is 4.79 Å². The summed E-state index contributed by atoms with van der Waals surface area (Å²) >= 11 is 0. The topological polar surface area (TPSA) is 83.9 Å². The van der Waals surface area contributed by atoms with E-state index in [1.807, 2.05) is 73.7 Å². The summed E-state index contributed by atoms with van der Waals surface area (Å²) in [4.78, 5) is 13.6. The molecule has 6 nitrogen and oxygen atoms in total. The van der Waals surface area contributed by atoms with Gasteiger partial charge >= 0.3 is 5.97 Å². The average Bonchev–Trinajstić information content (AvgIpc) is 2.99. The smallest absolute Gasteiger partial charge is 0.312 e. The Bertz CT molecular complexity index is 1480. The van der Waals surface area contributed by atoms with Crippen molar-refractivity contribution in [2.45, 2.75) is 50.5 Å². The monoisotopic (exact) mass is 557 g/mol. The molecular formula is C33H35NO5S.